The molecule has 0 aromatic heterocycles. The third-order valence-electron chi connectivity index (χ3n) is 3.10. The maximum absolute atomic E-state index is 11.9. The van der Waals surface area contributed by atoms with Crippen LogP contribution in [0.15, 0.2) is 24.3 Å². The van der Waals surface area contributed by atoms with Crippen molar-refractivity contribution in [1.82, 2.24) is 5.32 Å². The molecule has 0 atom stereocenters. The normalized spacial score (nSPS) is 10.4. The van der Waals surface area contributed by atoms with Gasteiger partial charge in [-0.2, -0.15) is 0 Å². The van der Waals surface area contributed by atoms with Crippen molar-refractivity contribution in [3.8, 4) is 5.75 Å². The third kappa shape index (κ3) is 4.37. The Morgan fingerprint density at radius 3 is 2.67 bits per heavy atom. The van der Waals surface area contributed by atoms with Crippen molar-refractivity contribution in [2.45, 2.75) is 13.8 Å². The summed E-state index contributed by atoms with van der Waals surface area (Å²) in [6.45, 7) is 8.15. The average molecular weight is 251 g/mol. The highest BCUT2D eigenvalue weighted by Gasteiger charge is 2.07. The summed E-state index contributed by atoms with van der Waals surface area (Å²) in [4.78, 5) is 13.4. The summed E-state index contributed by atoms with van der Waals surface area (Å²) in [5, 5.41) is 2.93. The number of likely N-dealkylation sites (N-methyl/N-ethyl adjacent to an activating group) is 1. The van der Waals surface area contributed by atoms with Crippen molar-refractivity contribution in [3.05, 3.63) is 29.8 Å². The lowest BCUT2D eigenvalue weighted by Crippen LogP contribution is -3.12. The Kier molecular flexibility index (Phi) is 6.22. The molecule has 0 saturated heterocycles. The van der Waals surface area contributed by atoms with Crippen LogP contribution >= 0.6 is 0 Å². The SMILES string of the molecule is CC[NH+](CC)CCNC(=O)c1cccc(OC)c1. The minimum Gasteiger partial charge on any atom is -0.497 e. The lowest BCUT2D eigenvalue weighted by molar-refractivity contribution is -0.895. The Labute approximate surface area is 109 Å². The van der Waals surface area contributed by atoms with Crippen LogP contribution in [0.3, 0.4) is 0 Å². The molecule has 0 saturated carbocycles. The molecule has 4 heteroatoms. The summed E-state index contributed by atoms with van der Waals surface area (Å²) in [6, 6.07) is 7.20. The molecular formula is C14H23N2O2+. The largest absolute Gasteiger partial charge is 0.497 e. The molecule has 0 aliphatic carbocycles. The number of nitrogens with one attached hydrogen (secondary N) is 2. The van der Waals surface area contributed by atoms with Gasteiger partial charge in [-0.25, -0.2) is 0 Å². The van der Waals surface area contributed by atoms with Gasteiger partial charge < -0.3 is 15.0 Å². The first-order chi connectivity index (χ1) is 8.71. The Hall–Kier alpha value is -1.55. The maximum atomic E-state index is 11.9. The van der Waals surface area contributed by atoms with Crippen LogP contribution in [0, 0.1) is 0 Å². The van der Waals surface area contributed by atoms with Gasteiger partial charge >= 0.3 is 0 Å². The van der Waals surface area contributed by atoms with Crippen LogP contribution in [0.4, 0.5) is 0 Å². The molecule has 1 amide bonds. The minimum atomic E-state index is -0.0412. The average Bonchev–Trinajstić information content (AvgIpc) is 2.43. The number of carbonyl (C=O) groups is 1. The molecule has 0 unspecified atom stereocenters. The number of ether oxygens (including phenoxy) is 1. The number of amides is 1. The quantitative estimate of drug-likeness (QED) is 0.734. The Bertz CT molecular complexity index is 376. The summed E-state index contributed by atoms with van der Waals surface area (Å²) >= 11 is 0. The van der Waals surface area contributed by atoms with Gasteiger partial charge in [0, 0.05) is 5.56 Å². The van der Waals surface area contributed by atoms with Gasteiger partial charge in [-0.3, -0.25) is 4.79 Å². The standard InChI is InChI=1S/C14H22N2O2/c1-4-16(5-2)10-9-15-14(17)12-7-6-8-13(11-12)18-3/h6-8,11H,4-5,9-10H2,1-3H3,(H,15,17)/p+1. The number of hydrogen-bond acceptors (Lipinski definition) is 2. The van der Waals surface area contributed by atoms with Gasteiger partial charge in [-0.05, 0) is 32.0 Å². The summed E-state index contributed by atoms with van der Waals surface area (Å²) in [5.74, 6) is 0.664. The number of methoxy groups -OCH3 is 1. The van der Waals surface area contributed by atoms with Crippen LogP contribution in [0.25, 0.3) is 0 Å². The highest BCUT2D eigenvalue weighted by molar-refractivity contribution is 5.94. The van der Waals surface area contributed by atoms with E-state index in [2.05, 4.69) is 19.2 Å². The Balaban J connectivity index is 2.45. The van der Waals surface area contributed by atoms with E-state index in [1.807, 2.05) is 12.1 Å². The summed E-state index contributed by atoms with van der Waals surface area (Å²) in [7, 11) is 1.60. The lowest BCUT2D eigenvalue weighted by atomic mass is 10.2. The fourth-order valence-electron chi connectivity index (χ4n) is 1.82. The van der Waals surface area contributed by atoms with Crippen LogP contribution < -0.4 is 15.0 Å². The molecule has 0 fully saturated rings. The van der Waals surface area contributed by atoms with Crippen molar-refractivity contribution in [2.24, 2.45) is 0 Å². The zero-order chi connectivity index (χ0) is 13.4. The summed E-state index contributed by atoms with van der Waals surface area (Å²) in [6.07, 6.45) is 0. The molecule has 4 nitrogen and oxygen atoms in total. The molecular weight excluding hydrogens is 228 g/mol. The lowest BCUT2D eigenvalue weighted by Gasteiger charge is -2.15. The van der Waals surface area contributed by atoms with E-state index in [0.717, 1.165) is 19.6 Å². The van der Waals surface area contributed by atoms with Crippen LogP contribution in [-0.2, 0) is 0 Å². The molecule has 100 valence electrons. The molecule has 1 aromatic carbocycles. The highest BCUT2D eigenvalue weighted by Crippen LogP contribution is 2.11. The number of carbonyl (C=O) groups excluding carboxylic acids is 1. The van der Waals surface area contributed by atoms with E-state index >= 15 is 0 Å². The number of hydrogen-bond donors (Lipinski definition) is 2. The van der Waals surface area contributed by atoms with Crippen molar-refractivity contribution in [1.29, 1.82) is 0 Å². The van der Waals surface area contributed by atoms with Crippen LogP contribution in [0.1, 0.15) is 24.2 Å². The van der Waals surface area contributed by atoms with Crippen molar-refractivity contribution < 1.29 is 14.4 Å². The number of benzene rings is 1. The Morgan fingerprint density at radius 1 is 1.33 bits per heavy atom. The van der Waals surface area contributed by atoms with Gasteiger partial charge in [0.25, 0.3) is 5.91 Å². The van der Waals surface area contributed by atoms with E-state index in [9.17, 15) is 4.79 Å². The van der Waals surface area contributed by atoms with Crippen molar-refractivity contribution in [3.63, 3.8) is 0 Å². The van der Waals surface area contributed by atoms with Crippen molar-refractivity contribution >= 4 is 5.91 Å². The van der Waals surface area contributed by atoms with Gasteiger partial charge in [-0.1, -0.05) is 6.07 Å². The van der Waals surface area contributed by atoms with Gasteiger partial charge in [0.1, 0.15) is 5.75 Å². The van der Waals surface area contributed by atoms with Gasteiger partial charge in [0.15, 0.2) is 0 Å². The molecule has 0 aliphatic heterocycles. The van der Waals surface area contributed by atoms with Gasteiger partial charge in [0.2, 0.25) is 0 Å². The van der Waals surface area contributed by atoms with Crippen LogP contribution in [0.2, 0.25) is 0 Å². The second-order valence-corrected chi connectivity index (χ2v) is 4.19. The first-order valence-electron chi connectivity index (χ1n) is 6.47. The van der Waals surface area contributed by atoms with E-state index in [-0.39, 0.29) is 5.91 Å². The molecule has 0 heterocycles. The molecule has 0 radical (unpaired) electrons. The predicted octanol–water partition coefficient (Wildman–Crippen LogP) is 0.350. The zero-order valence-corrected chi connectivity index (χ0v) is 11.5. The highest BCUT2D eigenvalue weighted by atomic mass is 16.5. The topological polar surface area (TPSA) is 42.8 Å². The molecule has 1 aromatic rings. The molecule has 1 rings (SSSR count). The monoisotopic (exact) mass is 251 g/mol. The summed E-state index contributed by atoms with van der Waals surface area (Å²) < 4.78 is 5.10. The van der Waals surface area contributed by atoms with E-state index in [0.29, 0.717) is 17.9 Å². The number of rotatable bonds is 7. The van der Waals surface area contributed by atoms with E-state index in [1.165, 1.54) is 4.90 Å². The fourth-order valence-corrected chi connectivity index (χ4v) is 1.82. The van der Waals surface area contributed by atoms with Gasteiger partial charge in [0.05, 0.1) is 33.3 Å². The Morgan fingerprint density at radius 2 is 2.06 bits per heavy atom. The van der Waals surface area contributed by atoms with E-state index in [4.69, 9.17) is 4.74 Å². The van der Waals surface area contributed by atoms with E-state index < -0.39 is 0 Å². The molecule has 0 aliphatic rings. The minimum absolute atomic E-state index is 0.0412. The first kappa shape index (κ1) is 14.5. The van der Waals surface area contributed by atoms with Crippen molar-refractivity contribution in [2.75, 3.05) is 33.3 Å². The molecule has 0 spiro atoms. The predicted molar refractivity (Wildman–Crippen MR) is 72.2 cm³/mol. The molecule has 0 bridgehead atoms. The fraction of sp³-hybridized carbons (Fsp3) is 0.500. The maximum Gasteiger partial charge on any atom is 0.251 e. The van der Waals surface area contributed by atoms with E-state index in [1.54, 1.807) is 19.2 Å². The summed E-state index contributed by atoms with van der Waals surface area (Å²) in [5.41, 5.74) is 0.642. The van der Waals surface area contributed by atoms with Gasteiger partial charge in [-0.15, -0.1) is 0 Å². The van der Waals surface area contributed by atoms with Crippen LogP contribution in [0.5, 0.6) is 5.75 Å². The molecule has 18 heavy (non-hydrogen) atoms. The zero-order valence-electron chi connectivity index (χ0n) is 11.5. The second-order valence-electron chi connectivity index (χ2n) is 4.19. The second kappa shape index (κ2) is 7.71. The smallest absolute Gasteiger partial charge is 0.251 e. The third-order valence-corrected chi connectivity index (χ3v) is 3.10. The van der Waals surface area contributed by atoms with Crippen LogP contribution in [-0.4, -0.2) is 39.2 Å². The molecule has 2 N–H and O–H groups in total. The first-order valence-corrected chi connectivity index (χ1v) is 6.47. The number of quaternary nitrogens is 1.